The fourth-order valence-electron chi connectivity index (χ4n) is 1.95. The lowest BCUT2D eigenvalue weighted by Gasteiger charge is -2.13. The van der Waals surface area contributed by atoms with Crippen molar-refractivity contribution in [2.75, 3.05) is 12.4 Å². The highest BCUT2D eigenvalue weighted by Crippen LogP contribution is 2.29. The molecule has 0 aliphatic rings. The van der Waals surface area contributed by atoms with E-state index in [0.717, 1.165) is 0 Å². The second-order valence-corrected chi connectivity index (χ2v) is 6.95. The van der Waals surface area contributed by atoms with Crippen LogP contribution in [0.1, 0.15) is 20.7 Å². The predicted octanol–water partition coefficient (Wildman–Crippen LogP) is 4.59. The number of carbonyl (C=O) groups is 2. The van der Waals surface area contributed by atoms with E-state index >= 15 is 0 Å². The topological polar surface area (TPSA) is 87.7 Å². The zero-order chi connectivity index (χ0) is 19.4. The highest BCUT2D eigenvalue weighted by molar-refractivity contribution is 9.10. The average molecular weight is 478 g/mol. The number of halogens is 3. The fraction of sp³-hybridized carbons (Fsp3) is 0.0625. The second-order valence-electron chi connectivity index (χ2n) is 4.87. The van der Waals surface area contributed by atoms with Crippen LogP contribution in [0.4, 0.5) is 5.69 Å². The lowest BCUT2D eigenvalue weighted by atomic mass is 10.2. The van der Waals surface area contributed by atoms with Crippen molar-refractivity contribution in [1.29, 1.82) is 0 Å². The molecule has 2 rings (SSSR count). The van der Waals surface area contributed by atoms with E-state index < -0.39 is 11.9 Å². The Kier molecular flexibility index (Phi) is 6.82. The molecule has 26 heavy (non-hydrogen) atoms. The van der Waals surface area contributed by atoms with Gasteiger partial charge in [0.15, 0.2) is 5.11 Å². The number of nitrogens with one attached hydrogen (secondary N) is 2. The van der Waals surface area contributed by atoms with Gasteiger partial charge in [-0.3, -0.25) is 10.1 Å². The third kappa shape index (κ3) is 4.85. The van der Waals surface area contributed by atoms with E-state index in [9.17, 15) is 9.59 Å². The van der Waals surface area contributed by atoms with Gasteiger partial charge in [-0.1, -0.05) is 23.2 Å². The first-order valence-electron chi connectivity index (χ1n) is 6.91. The fourth-order valence-corrected chi connectivity index (χ4v) is 3.20. The molecule has 3 N–H and O–H groups in total. The number of carboxylic acids is 1. The van der Waals surface area contributed by atoms with Gasteiger partial charge in [0, 0.05) is 5.56 Å². The van der Waals surface area contributed by atoms with E-state index in [-0.39, 0.29) is 26.4 Å². The van der Waals surface area contributed by atoms with Gasteiger partial charge in [0.2, 0.25) is 0 Å². The maximum absolute atomic E-state index is 12.3. The standard InChI is InChI=1S/C16H11BrCl2N2O4S/c1-25-13-3-2-7(4-9(13)17)14(22)21-16(26)20-12-5-8(15(23)24)10(18)6-11(12)19/h2-6H,1H3,(H,23,24)(H2,20,21,22,26). The van der Waals surface area contributed by atoms with Crippen molar-refractivity contribution in [1.82, 2.24) is 5.32 Å². The minimum Gasteiger partial charge on any atom is -0.496 e. The van der Waals surface area contributed by atoms with Crippen molar-refractivity contribution in [3.05, 3.63) is 56.0 Å². The molecule has 136 valence electrons. The number of methoxy groups -OCH3 is 1. The molecule has 0 spiro atoms. The zero-order valence-electron chi connectivity index (χ0n) is 13.1. The molecule has 0 aliphatic heterocycles. The molecule has 0 unspecified atom stereocenters. The Morgan fingerprint density at radius 2 is 1.88 bits per heavy atom. The minimum absolute atomic E-state index is 0.00825. The first-order valence-corrected chi connectivity index (χ1v) is 8.87. The normalized spacial score (nSPS) is 10.2. The van der Waals surface area contributed by atoms with Gasteiger partial charge in [-0.25, -0.2) is 4.79 Å². The summed E-state index contributed by atoms with van der Waals surface area (Å²) in [5, 5.41) is 14.4. The number of hydrogen-bond acceptors (Lipinski definition) is 4. The van der Waals surface area contributed by atoms with Crippen molar-refractivity contribution >= 4 is 74.0 Å². The van der Waals surface area contributed by atoms with Crippen molar-refractivity contribution in [3.63, 3.8) is 0 Å². The molecule has 2 aromatic rings. The summed E-state index contributed by atoms with van der Waals surface area (Å²) in [6, 6.07) is 7.29. The average Bonchev–Trinajstić information content (AvgIpc) is 2.56. The van der Waals surface area contributed by atoms with Crippen molar-refractivity contribution < 1.29 is 19.4 Å². The summed E-state index contributed by atoms with van der Waals surface area (Å²) in [5.41, 5.74) is 0.400. The van der Waals surface area contributed by atoms with Gasteiger partial charge in [-0.05, 0) is 58.5 Å². The van der Waals surface area contributed by atoms with Crippen molar-refractivity contribution in [2.45, 2.75) is 0 Å². The summed E-state index contributed by atoms with van der Waals surface area (Å²) >= 11 is 20.2. The molecule has 10 heteroatoms. The van der Waals surface area contributed by atoms with Gasteiger partial charge in [0.1, 0.15) is 5.75 Å². The number of rotatable bonds is 4. The number of ether oxygens (including phenoxy) is 1. The number of carboxylic acid groups (broad SMARTS) is 1. The number of anilines is 1. The van der Waals surface area contributed by atoms with Crippen LogP contribution in [-0.2, 0) is 0 Å². The summed E-state index contributed by atoms with van der Waals surface area (Å²) in [4.78, 5) is 23.4. The Labute approximate surface area is 172 Å². The summed E-state index contributed by atoms with van der Waals surface area (Å²) < 4.78 is 5.71. The Hall–Kier alpha value is -1.87. The molecule has 0 aromatic heterocycles. The Morgan fingerprint density at radius 3 is 2.46 bits per heavy atom. The molecule has 0 saturated heterocycles. The summed E-state index contributed by atoms with van der Waals surface area (Å²) in [6.07, 6.45) is 0. The minimum atomic E-state index is -1.22. The van der Waals surface area contributed by atoms with Gasteiger partial charge in [0.25, 0.3) is 5.91 Å². The number of hydrogen-bond donors (Lipinski definition) is 3. The van der Waals surface area contributed by atoms with Crippen LogP contribution in [0.25, 0.3) is 0 Å². The van der Waals surface area contributed by atoms with Crippen LogP contribution >= 0.6 is 51.3 Å². The van der Waals surface area contributed by atoms with Crippen LogP contribution in [0.3, 0.4) is 0 Å². The molecule has 0 saturated carbocycles. The number of amides is 1. The SMILES string of the molecule is COc1ccc(C(=O)NC(=S)Nc2cc(C(=O)O)c(Cl)cc2Cl)cc1Br. The van der Waals surface area contributed by atoms with Gasteiger partial charge < -0.3 is 15.2 Å². The summed E-state index contributed by atoms with van der Waals surface area (Å²) in [5.74, 6) is -1.10. The monoisotopic (exact) mass is 476 g/mol. The Bertz CT molecular complexity index is 908. The van der Waals surface area contributed by atoms with E-state index in [1.807, 2.05) is 0 Å². The van der Waals surface area contributed by atoms with Crippen LogP contribution in [-0.4, -0.2) is 29.2 Å². The summed E-state index contributed by atoms with van der Waals surface area (Å²) in [6.45, 7) is 0. The maximum atomic E-state index is 12.3. The lowest BCUT2D eigenvalue weighted by Crippen LogP contribution is -2.34. The highest BCUT2D eigenvalue weighted by Gasteiger charge is 2.15. The van der Waals surface area contributed by atoms with Crippen molar-refractivity contribution in [2.24, 2.45) is 0 Å². The van der Waals surface area contributed by atoms with Crippen LogP contribution in [0.5, 0.6) is 5.75 Å². The van der Waals surface area contributed by atoms with Gasteiger partial charge >= 0.3 is 5.97 Å². The maximum Gasteiger partial charge on any atom is 0.337 e. The van der Waals surface area contributed by atoms with Gasteiger partial charge in [-0.15, -0.1) is 0 Å². The lowest BCUT2D eigenvalue weighted by molar-refractivity contribution is 0.0697. The molecule has 6 nitrogen and oxygen atoms in total. The van der Waals surface area contributed by atoms with Crippen LogP contribution in [0.15, 0.2) is 34.8 Å². The molecule has 0 aliphatic carbocycles. The Balaban J connectivity index is 2.13. The second kappa shape index (κ2) is 8.68. The molecule has 0 heterocycles. The molecule has 1 amide bonds. The number of aromatic carboxylic acids is 1. The van der Waals surface area contributed by atoms with E-state index in [2.05, 4.69) is 26.6 Å². The molecule has 2 aromatic carbocycles. The number of benzene rings is 2. The third-order valence-electron chi connectivity index (χ3n) is 3.18. The third-order valence-corrected chi connectivity index (χ3v) is 4.63. The Morgan fingerprint density at radius 1 is 1.19 bits per heavy atom. The largest absolute Gasteiger partial charge is 0.496 e. The molecule has 0 radical (unpaired) electrons. The van der Waals surface area contributed by atoms with Crippen LogP contribution in [0.2, 0.25) is 10.0 Å². The van der Waals surface area contributed by atoms with Crippen molar-refractivity contribution in [3.8, 4) is 5.75 Å². The zero-order valence-corrected chi connectivity index (χ0v) is 17.0. The molecule has 0 fully saturated rings. The number of carbonyl (C=O) groups excluding carboxylic acids is 1. The summed E-state index contributed by atoms with van der Waals surface area (Å²) in [7, 11) is 1.51. The first-order chi connectivity index (χ1) is 12.2. The number of thiocarbonyl (C=S) groups is 1. The van der Waals surface area contributed by atoms with E-state index in [1.165, 1.54) is 19.2 Å². The molecular formula is C16H11BrCl2N2O4S. The predicted molar refractivity (Wildman–Crippen MR) is 108 cm³/mol. The quantitative estimate of drug-likeness (QED) is 0.558. The van der Waals surface area contributed by atoms with E-state index in [1.54, 1.807) is 18.2 Å². The van der Waals surface area contributed by atoms with Crippen LogP contribution in [0, 0.1) is 0 Å². The van der Waals surface area contributed by atoms with E-state index in [4.69, 9.17) is 45.3 Å². The van der Waals surface area contributed by atoms with E-state index in [0.29, 0.717) is 15.8 Å². The molecular weight excluding hydrogens is 467 g/mol. The highest BCUT2D eigenvalue weighted by atomic mass is 79.9. The smallest absolute Gasteiger partial charge is 0.337 e. The molecule has 0 bridgehead atoms. The van der Waals surface area contributed by atoms with Gasteiger partial charge in [0.05, 0.1) is 32.9 Å². The first kappa shape index (κ1) is 20.4. The van der Waals surface area contributed by atoms with Crippen LogP contribution < -0.4 is 15.4 Å². The van der Waals surface area contributed by atoms with Gasteiger partial charge in [-0.2, -0.15) is 0 Å². The molecule has 0 atom stereocenters.